The number of hydrogen-bond donors (Lipinski definition) is 0. The average Bonchev–Trinajstić information content (AvgIpc) is 2.18. The van der Waals surface area contributed by atoms with Crippen molar-refractivity contribution >= 4 is 38.7 Å². The Hall–Kier alpha value is 0.350. The zero-order valence-electron chi connectivity index (χ0n) is 53.3. The van der Waals surface area contributed by atoms with Crippen LogP contribution in [0.4, 0.5) is 0 Å². The van der Waals surface area contributed by atoms with Gasteiger partial charge in [0.1, 0.15) is 42.7 Å². The largest absolute Gasteiger partial charge is 0.655 e. The summed E-state index contributed by atoms with van der Waals surface area (Å²) >= 11 is 0. The highest BCUT2D eigenvalue weighted by Gasteiger charge is 2.80. The van der Waals surface area contributed by atoms with E-state index in [0.29, 0.717) is 24.2 Å². The van der Waals surface area contributed by atoms with Gasteiger partial charge in [-0.15, -0.1) is 0 Å². The van der Waals surface area contributed by atoms with E-state index in [9.17, 15) is 0 Å². The fourth-order valence-electron chi connectivity index (χ4n) is 22.3. The van der Waals surface area contributed by atoms with Crippen LogP contribution in [0.2, 0.25) is 0 Å². The van der Waals surface area contributed by atoms with Crippen molar-refractivity contribution < 1.29 is 0 Å². The monoisotopic (exact) mass is 1260 g/mol. The smallest absolute Gasteiger partial charge is 0.293 e. The summed E-state index contributed by atoms with van der Waals surface area (Å²) in [5.41, 5.74) is 0. The summed E-state index contributed by atoms with van der Waals surface area (Å²) < 4.78 is 29.8. The average molecular weight is 1260 g/mol. The predicted molar refractivity (Wildman–Crippen MR) is 358 cm³/mol. The normalized spacial score (nSPS) is 38.3. The molecule has 0 spiro atoms. The fourth-order valence-corrected chi connectivity index (χ4v) is 43.3. The highest BCUT2D eigenvalue weighted by atomic mass is 31.3. The van der Waals surface area contributed by atoms with E-state index in [4.69, 9.17) is 18.1 Å². The van der Waals surface area contributed by atoms with Crippen molar-refractivity contribution in [3.05, 3.63) is 0 Å². The summed E-state index contributed by atoms with van der Waals surface area (Å²) in [6.07, 6.45) is 42.6. The molecule has 0 aliphatic carbocycles. The molecule has 0 amide bonds. The maximum atomic E-state index is 7.45. The van der Waals surface area contributed by atoms with E-state index in [0.717, 1.165) is 0 Å². The fraction of sp³-hybridized carbons (Fsp3) is 1.00. The quantitative estimate of drug-likeness (QED) is 0.138. The first-order valence-electron chi connectivity index (χ1n) is 37.0. The Balaban J connectivity index is 1.02. The van der Waals surface area contributed by atoms with E-state index in [-0.39, 0.29) is 21.6 Å². The lowest BCUT2D eigenvalue weighted by Crippen LogP contribution is -2.65. The Morgan fingerprint density at radius 1 is 0.212 bits per heavy atom. The molecule has 21 heteroatoms. The molecule has 16 rings (SSSR count). The van der Waals surface area contributed by atoms with Gasteiger partial charge in [0, 0.05) is 130 Å². The van der Waals surface area contributed by atoms with Gasteiger partial charge in [-0.25, -0.2) is 39.2 Å². The molecular formula is C64H116N16P5+5. The number of hydrogen-bond acceptors (Lipinski definition) is 16. The van der Waals surface area contributed by atoms with Crippen molar-refractivity contribution in [2.24, 2.45) is 18.1 Å². The molecule has 0 aromatic carbocycles. The van der Waals surface area contributed by atoms with Crippen LogP contribution in [0.1, 0.15) is 180 Å². The van der Waals surface area contributed by atoms with Crippen molar-refractivity contribution in [3.8, 4) is 0 Å². The molecule has 0 bridgehead atoms. The predicted octanol–water partition coefficient (Wildman–Crippen LogP) is 12.2. The van der Waals surface area contributed by atoms with Crippen LogP contribution in [0.25, 0.3) is 0 Å². The van der Waals surface area contributed by atoms with Crippen molar-refractivity contribution in [2.45, 2.75) is 226 Å². The van der Waals surface area contributed by atoms with Crippen LogP contribution < -0.4 is 0 Å². The third-order valence-electron chi connectivity index (χ3n) is 25.6. The Morgan fingerprint density at radius 3 is 0.506 bits per heavy atom. The number of rotatable bonds is 16. The molecule has 0 aromatic rings. The minimum atomic E-state index is -3.24. The maximum absolute atomic E-state index is 7.45. The molecule has 8 unspecified atom stereocenters. The van der Waals surface area contributed by atoms with E-state index in [1.165, 1.54) is 362 Å². The van der Waals surface area contributed by atoms with E-state index in [1.54, 1.807) is 0 Å². The number of nitrogens with zero attached hydrogens (tertiary/aromatic N) is 16. The summed E-state index contributed by atoms with van der Waals surface area (Å²) in [5, 5.41) is -0.204. The molecule has 16 aliphatic rings. The lowest BCUT2D eigenvalue weighted by Gasteiger charge is -2.45. The number of likely N-dealkylation sites (tertiary alicyclic amines) is 12. The molecule has 16 fully saturated rings. The van der Waals surface area contributed by atoms with E-state index in [1.807, 2.05) is 0 Å². The van der Waals surface area contributed by atoms with Crippen LogP contribution >= 0.6 is 38.7 Å². The van der Waals surface area contributed by atoms with Crippen molar-refractivity contribution in [3.63, 3.8) is 0 Å². The Labute approximate surface area is 520 Å². The van der Waals surface area contributed by atoms with Gasteiger partial charge in [0.2, 0.25) is 0 Å². The molecule has 8 atom stereocenters. The second-order valence-corrected chi connectivity index (χ2v) is 41.4. The highest BCUT2D eigenvalue weighted by Crippen LogP contribution is 2.84. The topological polar surface area (TPSA) is 88.3 Å². The lowest BCUT2D eigenvalue weighted by atomic mass is 10.1. The molecular weight excluding hydrogens is 1150 g/mol. The molecule has 0 saturated carbocycles. The van der Waals surface area contributed by atoms with Crippen LogP contribution in [-0.2, 0) is 0 Å². The first kappa shape index (κ1) is 60.3. The minimum Gasteiger partial charge on any atom is -0.293 e. The second kappa shape index (κ2) is 25.9. The van der Waals surface area contributed by atoms with Gasteiger partial charge < -0.3 is 0 Å². The van der Waals surface area contributed by atoms with E-state index >= 15 is 0 Å². The Morgan fingerprint density at radius 2 is 0.353 bits per heavy atom. The van der Waals surface area contributed by atoms with Crippen LogP contribution in [0, 0.1) is 0 Å². The van der Waals surface area contributed by atoms with Gasteiger partial charge >= 0.3 is 7.87 Å². The first-order valence-corrected chi connectivity index (χ1v) is 44.5. The first-order chi connectivity index (χ1) is 42.1. The summed E-state index contributed by atoms with van der Waals surface area (Å²) in [7, 11) is -6.88. The molecule has 85 heavy (non-hydrogen) atoms. The van der Waals surface area contributed by atoms with Crippen LogP contribution in [0.15, 0.2) is 18.1 Å². The van der Waals surface area contributed by atoms with Crippen molar-refractivity contribution in [1.29, 1.82) is 0 Å². The van der Waals surface area contributed by atoms with E-state index in [2.05, 4.69) is 58.8 Å². The molecule has 16 saturated heterocycles. The summed E-state index contributed by atoms with van der Waals surface area (Å²) in [6, 6.07) is 2.18. The van der Waals surface area contributed by atoms with Gasteiger partial charge in [-0.1, -0.05) is 0 Å². The molecule has 472 valence electrons. The molecule has 0 N–H and O–H groups in total. The van der Waals surface area contributed by atoms with Gasteiger partial charge in [0.05, 0.1) is 24.2 Å². The SMILES string of the molecule is C1CCN(C2CC[P+](=N[P+](N=[P+]3CCC(N4CCCC4)C3(N3CCCC3)N3CCCC3)(N=[P+]3CCC(N4CCCC4)C3(N3CCCC3)N3CCCC3)N=[P+]3CCC(N4CCCC4)C3(N3CCCC3)N3CCCC3)C2(N2CCCC2)N2CCCC2)C1. The van der Waals surface area contributed by atoms with Gasteiger partial charge in [-0.2, -0.15) is 0 Å². The third kappa shape index (κ3) is 10.2. The standard InChI is InChI=1S/C64H116N16P5/c1-2-30-69(29-1)57-25-53-81(61(57,73-37-9-10-38-73)74-39-11-12-40-74)65-85(66-82-54-26-58(70-31-3-4-32-70)62(82,75-41-13-14-42-75)76-43-15-16-44-76,67-83-55-27-59(71-33-5-6-34-71)63(83,77-45-17-18-46-77)78-47-19-20-48-78)68-84-56-28-60(72-35-7-8-36-72)64(84,79-49-21-22-50-79)80-51-23-24-52-80/h57-60H,1-56H2/q+5. The molecule has 0 aromatic heterocycles. The maximum Gasteiger partial charge on any atom is 0.655 e. The summed E-state index contributed by atoms with van der Waals surface area (Å²) in [6.45, 7) is 30.2. The van der Waals surface area contributed by atoms with Crippen LogP contribution in [0.3, 0.4) is 0 Å². The minimum absolute atomic E-state index is 0.0511. The summed E-state index contributed by atoms with van der Waals surface area (Å²) in [5.74, 6) is 0. The lowest BCUT2D eigenvalue weighted by molar-refractivity contribution is -0.0213. The van der Waals surface area contributed by atoms with E-state index < -0.39 is 38.7 Å². The van der Waals surface area contributed by atoms with Gasteiger partial charge in [-0.05, 0) is 206 Å². The van der Waals surface area contributed by atoms with Gasteiger partial charge in [-0.3, -0.25) is 19.6 Å². The van der Waals surface area contributed by atoms with Crippen molar-refractivity contribution in [1.82, 2.24) is 58.8 Å². The molecule has 16 nitrogen and oxygen atoms in total. The molecule has 0 radical (unpaired) electrons. The zero-order valence-corrected chi connectivity index (χ0v) is 57.8. The van der Waals surface area contributed by atoms with Gasteiger partial charge in [0.25, 0.3) is 52.5 Å². The third-order valence-corrected chi connectivity index (χ3v) is 42.1. The molecule has 16 heterocycles. The van der Waals surface area contributed by atoms with Crippen molar-refractivity contribution in [2.75, 3.05) is 182 Å². The zero-order chi connectivity index (χ0) is 56.5. The second-order valence-electron chi connectivity index (χ2n) is 29.9. The van der Waals surface area contributed by atoms with Gasteiger partial charge in [0.15, 0.2) is 0 Å². The highest BCUT2D eigenvalue weighted by molar-refractivity contribution is 7.84. The Bertz CT molecular complexity index is 2030. The molecule has 16 aliphatic heterocycles. The summed E-state index contributed by atoms with van der Waals surface area (Å²) in [4.78, 5) is 37.7. The van der Waals surface area contributed by atoms with Crippen LogP contribution in [0.5, 0.6) is 0 Å². The Kier molecular flexibility index (Phi) is 18.4. The van der Waals surface area contributed by atoms with Crippen LogP contribution in [-0.4, -0.2) is 286 Å².